The van der Waals surface area contributed by atoms with Crippen LogP contribution in [0, 0.1) is 0 Å². The number of nitrogens with two attached hydrogens (primary N) is 1. The van der Waals surface area contributed by atoms with Crippen molar-refractivity contribution < 1.29 is 4.79 Å². The molecule has 106 valence electrons. The number of hydrogen-bond acceptors (Lipinski definition) is 8. The highest BCUT2D eigenvalue weighted by molar-refractivity contribution is 7.99. The van der Waals surface area contributed by atoms with Crippen LogP contribution in [-0.2, 0) is 4.79 Å². The van der Waals surface area contributed by atoms with E-state index in [0.717, 1.165) is 13.1 Å². The van der Waals surface area contributed by atoms with Gasteiger partial charge in [0.1, 0.15) is 0 Å². The summed E-state index contributed by atoms with van der Waals surface area (Å²) in [5.41, 5.74) is 2.41. The number of nitrogens with one attached hydrogen (secondary N) is 2. The summed E-state index contributed by atoms with van der Waals surface area (Å²) in [6.45, 7) is 5.59. The third-order valence-corrected chi connectivity index (χ3v) is 3.24. The molecule has 0 saturated carbocycles. The molecule has 1 aromatic heterocycles. The number of carbonyl (C=O) groups excluding carboxylic acids is 1. The van der Waals surface area contributed by atoms with Gasteiger partial charge >= 0.3 is 0 Å². The minimum absolute atomic E-state index is 0.0861. The van der Waals surface area contributed by atoms with E-state index in [1.54, 1.807) is 7.05 Å². The molecule has 1 aromatic rings. The Hall–Kier alpha value is -1.61. The largest absolute Gasteiger partial charge is 0.358 e. The van der Waals surface area contributed by atoms with Crippen LogP contribution in [0.4, 0.5) is 11.9 Å². The fourth-order valence-electron chi connectivity index (χ4n) is 1.33. The first kappa shape index (κ1) is 15.4. The van der Waals surface area contributed by atoms with Gasteiger partial charge in [0.15, 0.2) is 5.16 Å². The second-order valence-electron chi connectivity index (χ2n) is 3.52. The standard InChI is InChI=1S/C10H19N7OS/c1-4-17(5-2)9-13-8(16-11)14-10(15-9)19-6-7(18)12-3/h4-6,11H2,1-3H3,(H,12,18)(H,13,14,15,16). The van der Waals surface area contributed by atoms with Gasteiger partial charge in [-0.1, -0.05) is 11.8 Å². The molecule has 0 aliphatic carbocycles. The molecule has 8 nitrogen and oxygen atoms in total. The first-order valence-electron chi connectivity index (χ1n) is 5.95. The summed E-state index contributed by atoms with van der Waals surface area (Å²) in [7, 11) is 1.59. The molecule has 0 aliphatic heterocycles. The number of carbonyl (C=O) groups is 1. The van der Waals surface area contributed by atoms with Crippen molar-refractivity contribution in [2.24, 2.45) is 5.84 Å². The smallest absolute Gasteiger partial charge is 0.242 e. The Kier molecular flexibility index (Phi) is 6.30. The Balaban J connectivity index is 2.91. The quantitative estimate of drug-likeness (QED) is 0.360. The zero-order chi connectivity index (χ0) is 14.3. The van der Waals surface area contributed by atoms with Crippen LogP contribution >= 0.6 is 11.8 Å². The van der Waals surface area contributed by atoms with Gasteiger partial charge in [-0.3, -0.25) is 10.2 Å². The molecule has 1 amide bonds. The molecule has 4 N–H and O–H groups in total. The predicted molar refractivity (Wildman–Crippen MR) is 76.0 cm³/mol. The highest BCUT2D eigenvalue weighted by Gasteiger charge is 2.12. The van der Waals surface area contributed by atoms with Gasteiger partial charge in [0.05, 0.1) is 5.75 Å². The molecule has 19 heavy (non-hydrogen) atoms. The van der Waals surface area contributed by atoms with E-state index in [1.807, 2.05) is 18.7 Å². The Morgan fingerprint density at radius 3 is 2.53 bits per heavy atom. The van der Waals surface area contributed by atoms with Crippen molar-refractivity contribution >= 4 is 29.6 Å². The molecule has 0 spiro atoms. The van der Waals surface area contributed by atoms with Crippen LogP contribution in [-0.4, -0.2) is 46.7 Å². The van der Waals surface area contributed by atoms with E-state index < -0.39 is 0 Å². The lowest BCUT2D eigenvalue weighted by molar-refractivity contribution is -0.118. The van der Waals surface area contributed by atoms with E-state index in [-0.39, 0.29) is 17.6 Å². The molecule has 9 heteroatoms. The van der Waals surface area contributed by atoms with Gasteiger partial charge in [0, 0.05) is 20.1 Å². The van der Waals surface area contributed by atoms with Gasteiger partial charge in [0.25, 0.3) is 0 Å². The Labute approximate surface area is 116 Å². The number of hydrazine groups is 1. The summed E-state index contributed by atoms with van der Waals surface area (Å²) in [5.74, 6) is 6.35. The monoisotopic (exact) mass is 285 g/mol. The van der Waals surface area contributed by atoms with Crippen molar-refractivity contribution in [3.63, 3.8) is 0 Å². The molecule has 0 atom stereocenters. The number of rotatable bonds is 7. The van der Waals surface area contributed by atoms with E-state index in [0.29, 0.717) is 11.1 Å². The van der Waals surface area contributed by atoms with E-state index in [1.165, 1.54) is 11.8 Å². The highest BCUT2D eigenvalue weighted by atomic mass is 32.2. The second kappa shape index (κ2) is 7.74. The summed E-state index contributed by atoms with van der Waals surface area (Å²) in [6.07, 6.45) is 0. The second-order valence-corrected chi connectivity index (χ2v) is 4.46. The average Bonchev–Trinajstić information content (AvgIpc) is 2.45. The Bertz CT molecular complexity index is 424. The number of aromatic nitrogens is 3. The fourth-order valence-corrected chi connectivity index (χ4v) is 2.03. The van der Waals surface area contributed by atoms with Crippen LogP contribution in [0.5, 0.6) is 0 Å². The van der Waals surface area contributed by atoms with Crippen LogP contribution < -0.4 is 21.5 Å². The molecule has 0 fully saturated rings. The lowest BCUT2D eigenvalue weighted by atomic mass is 10.5. The minimum Gasteiger partial charge on any atom is -0.358 e. The van der Waals surface area contributed by atoms with Gasteiger partial charge in [-0.2, -0.15) is 15.0 Å². The number of thioether (sulfide) groups is 1. The summed E-state index contributed by atoms with van der Waals surface area (Å²) in [4.78, 5) is 25.8. The van der Waals surface area contributed by atoms with Crippen LogP contribution in [0.3, 0.4) is 0 Å². The van der Waals surface area contributed by atoms with Crippen LogP contribution in [0.25, 0.3) is 0 Å². The number of amides is 1. The molecular formula is C10H19N7OS. The predicted octanol–water partition coefficient (Wildman–Crippen LogP) is -0.158. The maximum absolute atomic E-state index is 11.2. The molecule has 1 rings (SSSR count). The number of anilines is 2. The van der Waals surface area contributed by atoms with Gasteiger partial charge in [0.2, 0.25) is 17.8 Å². The van der Waals surface area contributed by atoms with E-state index in [2.05, 4.69) is 25.7 Å². The molecule has 0 unspecified atom stereocenters. The van der Waals surface area contributed by atoms with E-state index >= 15 is 0 Å². The molecule has 0 saturated heterocycles. The van der Waals surface area contributed by atoms with E-state index in [9.17, 15) is 4.79 Å². The Morgan fingerprint density at radius 2 is 2.00 bits per heavy atom. The van der Waals surface area contributed by atoms with Crippen LogP contribution in [0.2, 0.25) is 0 Å². The first-order valence-corrected chi connectivity index (χ1v) is 6.94. The van der Waals surface area contributed by atoms with Crippen molar-refractivity contribution in [2.75, 3.05) is 36.2 Å². The van der Waals surface area contributed by atoms with Crippen LogP contribution in [0.1, 0.15) is 13.8 Å². The summed E-state index contributed by atoms with van der Waals surface area (Å²) >= 11 is 1.24. The molecular weight excluding hydrogens is 266 g/mol. The van der Waals surface area contributed by atoms with Crippen molar-refractivity contribution in [3.05, 3.63) is 0 Å². The Morgan fingerprint density at radius 1 is 1.32 bits per heavy atom. The van der Waals surface area contributed by atoms with Crippen LogP contribution in [0.15, 0.2) is 5.16 Å². The number of hydrogen-bond donors (Lipinski definition) is 3. The number of nitrogens with zero attached hydrogens (tertiary/aromatic N) is 4. The average molecular weight is 285 g/mol. The zero-order valence-corrected chi connectivity index (χ0v) is 12.1. The van der Waals surface area contributed by atoms with Crippen molar-refractivity contribution in [1.82, 2.24) is 20.3 Å². The summed E-state index contributed by atoms with van der Waals surface area (Å²) in [5, 5.41) is 3.01. The molecule has 0 aromatic carbocycles. The van der Waals surface area contributed by atoms with Crippen molar-refractivity contribution in [2.45, 2.75) is 19.0 Å². The van der Waals surface area contributed by atoms with Gasteiger partial charge in [-0.25, -0.2) is 5.84 Å². The topological polar surface area (TPSA) is 109 Å². The summed E-state index contributed by atoms with van der Waals surface area (Å²) < 4.78 is 0. The van der Waals surface area contributed by atoms with E-state index in [4.69, 9.17) is 5.84 Å². The molecule has 0 radical (unpaired) electrons. The maximum Gasteiger partial charge on any atom is 0.242 e. The minimum atomic E-state index is -0.0861. The normalized spacial score (nSPS) is 10.1. The third kappa shape index (κ3) is 4.52. The lowest BCUT2D eigenvalue weighted by Gasteiger charge is -2.19. The third-order valence-electron chi connectivity index (χ3n) is 2.39. The van der Waals surface area contributed by atoms with Crippen molar-refractivity contribution in [1.29, 1.82) is 0 Å². The molecule has 0 bridgehead atoms. The molecule has 1 heterocycles. The highest BCUT2D eigenvalue weighted by Crippen LogP contribution is 2.18. The van der Waals surface area contributed by atoms with Gasteiger partial charge < -0.3 is 10.2 Å². The first-order chi connectivity index (χ1) is 9.14. The number of nitrogen functional groups attached to an aromatic ring is 1. The lowest BCUT2D eigenvalue weighted by Crippen LogP contribution is -2.26. The maximum atomic E-state index is 11.2. The van der Waals surface area contributed by atoms with Gasteiger partial charge in [-0.05, 0) is 13.8 Å². The van der Waals surface area contributed by atoms with Crippen molar-refractivity contribution in [3.8, 4) is 0 Å². The SMILES string of the molecule is CCN(CC)c1nc(NN)nc(SCC(=O)NC)n1. The fraction of sp³-hybridized carbons (Fsp3) is 0.600. The van der Waals surface area contributed by atoms with Gasteiger partial charge in [-0.15, -0.1) is 0 Å². The zero-order valence-electron chi connectivity index (χ0n) is 11.3. The summed E-state index contributed by atoms with van der Waals surface area (Å²) in [6, 6.07) is 0. The molecule has 0 aliphatic rings.